The molecule has 0 spiro atoms. The lowest BCUT2D eigenvalue weighted by atomic mass is 10.2. The second kappa shape index (κ2) is 11.5. The van der Waals surface area contributed by atoms with Gasteiger partial charge in [-0.2, -0.15) is 13.2 Å². The molecule has 7 nitrogen and oxygen atoms in total. The molecule has 0 aromatic carbocycles. The number of nitrogens with zero attached hydrogens (tertiary/aromatic N) is 4. The SMILES string of the molecule is CCNC(=NCC(=O)N(C)CCc1ccccn1)NCCc1nc(C(F)(F)F)cs1. The molecule has 0 radical (unpaired) electrons. The van der Waals surface area contributed by atoms with E-state index in [0.29, 0.717) is 43.4 Å². The fraction of sp³-hybridized carbons (Fsp3) is 0.474. The first-order chi connectivity index (χ1) is 14.3. The Kier molecular flexibility index (Phi) is 9.03. The summed E-state index contributed by atoms with van der Waals surface area (Å²) in [5.41, 5.74) is 0.0360. The zero-order chi connectivity index (χ0) is 22.0. The Morgan fingerprint density at radius 1 is 1.27 bits per heavy atom. The number of rotatable bonds is 9. The number of halogens is 3. The summed E-state index contributed by atoms with van der Waals surface area (Å²) in [5, 5.41) is 7.42. The quantitative estimate of drug-likeness (QED) is 0.460. The van der Waals surface area contributed by atoms with Gasteiger partial charge in [0.15, 0.2) is 11.7 Å². The van der Waals surface area contributed by atoms with Gasteiger partial charge in [0.2, 0.25) is 5.91 Å². The molecule has 30 heavy (non-hydrogen) atoms. The number of nitrogens with one attached hydrogen (secondary N) is 2. The molecule has 2 heterocycles. The smallest absolute Gasteiger partial charge is 0.357 e. The number of carbonyl (C=O) groups excluding carboxylic acids is 1. The van der Waals surface area contributed by atoms with E-state index in [0.717, 1.165) is 22.4 Å². The maximum atomic E-state index is 12.6. The van der Waals surface area contributed by atoms with Crippen LogP contribution in [-0.2, 0) is 23.8 Å². The van der Waals surface area contributed by atoms with Crippen LogP contribution in [0.4, 0.5) is 13.2 Å². The molecule has 0 atom stereocenters. The lowest BCUT2D eigenvalue weighted by molar-refractivity contribution is -0.140. The largest absolute Gasteiger partial charge is 0.434 e. The summed E-state index contributed by atoms with van der Waals surface area (Å²) in [4.78, 5) is 26.0. The number of thiazole rings is 1. The molecule has 2 aromatic heterocycles. The molecule has 0 saturated carbocycles. The Hall–Kier alpha value is -2.69. The summed E-state index contributed by atoms with van der Waals surface area (Å²) < 4.78 is 37.8. The monoisotopic (exact) mass is 442 g/mol. The van der Waals surface area contributed by atoms with Crippen molar-refractivity contribution >= 4 is 23.2 Å². The van der Waals surface area contributed by atoms with E-state index in [1.165, 1.54) is 0 Å². The summed E-state index contributed by atoms with van der Waals surface area (Å²) in [6, 6.07) is 5.65. The Bertz CT molecular complexity index is 825. The van der Waals surface area contributed by atoms with Crippen LogP contribution in [0.3, 0.4) is 0 Å². The van der Waals surface area contributed by atoms with Crippen molar-refractivity contribution in [2.24, 2.45) is 4.99 Å². The molecule has 0 aliphatic heterocycles. The number of alkyl halides is 3. The molecule has 1 amide bonds. The van der Waals surface area contributed by atoms with Gasteiger partial charge in [0, 0.05) is 56.8 Å². The van der Waals surface area contributed by atoms with Crippen LogP contribution in [-0.4, -0.2) is 60.0 Å². The van der Waals surface area contributed by atoms with Gasteiger partial charge in [0.05, 0.1) is 5.01 Å². The molecule has 0 aliphatic rings. The number of hydrogen-bond donors (Lipinski definition) is 2. The van der Waals surface area contributed by atoms with Gasteiger partial charge in [0.1, 0.15) is 6.54 Å². The van der Waals surface area contributed by atoms with E-state index < -0.39 is 11.9 Å². The minimum atomic E-state index is -4.43. The van der Waals surface area contributed by atoms with Crippen molar-refractivity contribution in [2.45, 2.75) is 25.9 Å². The maximum Gasteiger partial charge on any atom is 0.434 e. The van der Waals surface area contributed by atoms with Crippen molar-refractivity contribution in [1.82, 2.24) is 25.5 Å². The van der Waals surface area contributed by atoms with Gasteiger partial charge in [0.25, 0.3) is 0 Å². The highest BCUT2D eigenvalue weighted by molar-refractivity contribution is 7.09. The molecule has 0 fully saturated rings. The third kappa shape index (κ3) is 7.97. The molecule has 164 valence electrons. The fourth-order valence-corrected chi connectivity index (χ4v) is 3.21. The zero-order valence-corrected chi connectivity index (χ0v) is 17.7. The highest BCUT2D eigenvalue weighted by Gasteiger charge is 2.33. The lowest BCUT2D eigenvalue weighted by Crippen LogP contribution is -2.39. The average molecular weight is 443 g/mol. The molecule has 2 rings (SSSR count). The molecular formula is C19H25F3N6OS. The van der Waals surface area contributed by atoms with Crippen LogP contribution in [0.25, 0.3) is 0 Å². The van der Waals surface area contributed by atoms with E-state index in [1.54, 1.807) is 18.1 Å². The van der Waals surface area contributed by atoms with Gasteiger partial charge >= 0.3 is 6.18 Å². The number of amides is 1. The number of hydrogen-bond acceptors (Lipinski definition) is 5. The fourth-order valence-electron chi connectivity index (χ4n) is 2.41. The lowest BCUT2D eigenvalue weighted by Gasteiger charge is -2.16. The summed E-state index contributed by atoms with van der Waals surface area (Å²) >= 11 is 0.970. The molecule has 0 bridgehead atoms. The van der Waals surface area contributed by atoms with Gasteiger partial charge in [-0.15, -0.1) is 11.3 Å². The van der Waals surface area contributed by atoms with E-state index >= 15 is 0 Å². The number of likely N-dealkylation sites (N-methyl/N-ethyl adjacent to an activating group) is 1. The molecule has 0 saturated heterocycles. The maximum absolute atomic E-state index is 12.6. The van der Waals surface area contributed by atoms with Crippen molar-refractivity contribution in [3.05, 3.63) is 46.2 Å². The van der Waals surface area contributed by atoms with Crippen LogP contribution < -0.4 is 10.6 Å². The molecule has 2 N–H and O–H groups in total. The third-order valence-electron chi connectivity index (χ3n) is 4.05. The Labute approximate surface area is 177 Å². The minimum Gasteiger partial charge on any atom is -0.357 e. The van der Waals surface area contributed by atoms with E-state index in [1.807, 2.05) is 25.1 Å². The minimum absolute atomic E-state index is 0.0382. The Morgan fingerprint density at radius 3 is 2.70 bits per heavy atom. The standard InChI is InChI=1S/C19H25F3N6OS/c1-3-23-18(25-10-7-16-27-15(13-30-16)19(20,21)22)26-12-17(29)28(2)11-8-14-6-4-5-9-24-14/h4-6,9,13H,3,7-8,10-12H2,1-2H3,(H2,23,25,26). The second-order valence-electron chi connectivity index (χ2n) is 6.38. The first-order valence-corrected chi connectivity index (χ1v) is 10.3. The van der Waals surface area contributed by atoms with Gasteiger partial charge in [-0.3, -0.25) is 9.78 Å². The van der Waals surface area contributed by atoms with Crippen LogP contribution in [0.5, 0.6) is 0 Å². The number of pyridine rings is 1. The first-order valence-electron chi connectivity index (χ1n) is 9.47. The summed E-state index contributed by atoms with van der Waals surface area (Å²) in [6.45, 7) is 3.31. The average Bonchev–Trinajstić information content (AvgIpc) is 3.20. The highest BCUT2D eigenvalue weighted by atomic mass is 32.1. The molecule has 0 unspecified atom stereocenters. The normalized spacial score (nSPS) is 12.0. The van der Waals surface area contributed by atoms with E-state index in [-0.39, 0.29) is 12.5 Å². The molecule has 2 aromatic rings. The molecular weight excluding hydrogens is 417 g/mol. The van der Waals surface area contributed by atoms with E-state index in [2.05, 4.69) is 25.6 Å². The highest BCUT2D eigenvalue weighted by Crippen LogP contribution is 2.29. The van der Waals surface area contributed by atoms with Crippen molar-refractivity contribution < 1.29 is 18.0 Å². The van der Waals surface area contributed by atoms with Crippen LogP contribution in [0.1, 0.15) is 23.3 Å². The number of aliphatic imine (C=N–C) groups is 1. The number of carbonyl (C=O) groups is 1. The number of aromatic nitrogens is 2. The Balaban J connectivity index is 1.79. The van der Waals surface area contributed by atoms with Gasteiger partial charge in [-0.05, 0) is 19.1 Å². The summed E-state index contributed by atoms with van der Waals surface area (Å²) in [6.07, 6.45) is -1.74. The van der Waals surface area contributed by atoms with Gasteiger partial charge < -0.3 is 15.5 Å². The predicted octanol–water partition coefficient (Wildman–Crippen LogP) is 2.36. The zero-order valence-electron chi connectivity index (χ0n) is 16.9. The third-order valence-corrected chi connectivity index (χ3v) is 4.95. The molecule has 0 aliphatic carbocycles. The van der Waals surface area contributed by atoms with Crippen molar-refractivity contribution in [3.8, 4) is 0 Å². The van der Waals surface area contributed by atoms with Crippen molar-refractivity contribution in [1.29, 1.82) is 0 Å². The van der Waals surface area contributed by atoms with Crippen LogP contribution in [0.2, 0.25) is 0 Å². The van der Waals surface area contributed by atoms with Crippen molar-refractivity contribution in [3.63, 3.8) is 0 Å². The molecule has 11 heteroatoms. The van der Waals surface area contributed by atoms with Crippen LogP contribution >= 0.6 is 11.3 Å². The summed E-state index contributed by atoms with van der Waals surface area (Å²) in [7, 11) is 1.71. The summed E-state index contributed by atoms with van der Waals surface area (Å²) in [5.74, 6) is 0.287. The van der Waals surface area contributed by atoms with Crippen molar-refractivity contribution in [2.75, 3.05) is 33.2 Å². The van der Waals surface area contributed by atoms with Crippen LogP contribution in [0.15, 0.2) is 34.8 Å². The van der Waals surface area contributed by atoms with Gasteiger partial charge in [-0.25, -0.2) is 9.98 Å². The van der Waals surface area contributed by atoms with Gasteiger partial charge in [-0.1, -0.05) is 6.07 Å². The predicted molar refractivity (Wildman–Crippen MR) is 110 cm³/mol. The first kappa shape index (κ1) is 23.6. The Morgan fingerprint density at radius 2 is 2.07 bits per heavy atom. The van der Waals surface area contributed by atoms with Crippen LogP contribution in [0, 0.1) is 0 Å². The number of guanidine groups is 1. The van der Waals surface area contributed by atoms with E-state index in [4.69, 9.17) is 0 Å². The topological polar surface area (TPSA) is 82.5 Å². The van der Waals surface area contributed by atoms with E-state index in [9.17, 15) is 18.0 Å². The second-order valence-corrected chi connectivity index (χ2v) is 7.33.